The highest BCUT2D eigenvalue weighted by Crippen LogP contribution is 2.27. The first-order chi connectivity index (χ1) is 9.91. The van der Waals surface area contributed by atoms with E-state index in [4.69, 9.17) is 10.9 Å². The second kappa shape index (κ2) is 5.77. The molecule has 0 bridgehead atoms. The second-order valence-corrected chi connectivity index (χ2v) is 4.15. The van der Waals surface area contributed by atoms with E-state index in [0.717, 1.165) is 4.80 Å². The molecule has 21 heavy (non-hydrogen) atoms. The van der Waals surface area contributed by atoms with Crippen LogP contribution in [-0.2, 0) is 6.54 Å². The van der Waals surface area contributed by atoms with Crippen molar-refractivity contribution < 1.29 is 18.4 Å². The highest BCUT2D eigenvalue weighted by molar-refractivity contribution is 5.82. The molecule has 0 aliphatic carbocycles. The Morgan fingerprint density at radius 3 is 2.57 bits per heavy atom. The molecular formula is C11H11F3N6O. The number of aromatic nitrogens is 4. The van der Waals surface area contributed by atoms with Crippen LogP contribution in [0.3, 0.4) is 0 Å². The average molecular weight is 300 g/mol. The third kappa shape index (κ3) is 3.46. The minimum Gasteiger partial charge on any atom is -0.409 e. The molecule has 112 valence electrons. The molecule has 0 amide bonds. The van der Waals surface area contributed by atoms with Gasteiger partial charge in [0.05, 0.1) is 6.54 Å². The third-order valence-corrected chi connectivity index (χ3v) is 2.70. The Balaban J connectivity index is 2.22. The highest BCUT2D eigenvalue weighted by Gasteiger charge is 2.43. The molecule has 0 fully saturated rings. The molecular weight excluding hydrogens is 289 g/mol. The van der Waals surface area contributed by atoms with E-state index in [1.165, 1.54) is 0 Å². The Labute approximate surface area is 116 Å². The van der Waals surface area contributed by atoms with Crippen LogP contribution in [0.15, 0.2) is 35.5 Å². The fourth-order valence-corrected chi connectivity index (χ4v) is 1.62. The van der Waals surface area contributed by atoms with Gasteiger partial charge in [-0.25, -0.2) is 0 Å². The molecule has 0 radical (unpaired) electrons. The molecule has 1 unspecified atom stereocenters. The normalized spacial score (nSPS) is 14.1. The van der Waals surface area contributed by atoms with Gasteiger partial charge in [-0.1, -0.05) is 35.5 Å². The molecule has 0 saturated heterocycles. The third-order valence-electron chi connectivity index (χ3n) is 2.70. The van der Waals surface area contributed by atoms with Crippen LogP contribution in [0.2, 0.25) is 0 Å². The second-order valence-electron chi connectivity index (χ2n) is 4.15. The topological polar surface area (TPSA) is 102 Å². The predicted molar refractivity (Wildman–Crippen MR) is 66.2 cm³/mol. The van der Waals surface area contributed by atoms with Crippen molar-refractivity contribution in [3.05, 3.63) is 30.3 Å². The molecule has 1 heterocycles. The summed E-state index contributed by atoms with van der Waals surface area (Å²) in [6.07, 6.45) is -4.68. The summed E-state index contributed by atoms with van der Waals surface area (Å²) in [7, 11) is 0. The maximum absolute atomic E-state index is 12.8. The van der Waals surface area contributed by atoms with Gasteiger partial charge in [0.25, 0.3) is 0 Å². The quantitative estimate of drug-likeness (QED) is 0.383. The SMILES string of the molecule is N/C(=N/O)C(Cn1nnc(-c2ccccc2)n1)C(F)(F)F. The number of benzene rings is 1. The van der Waals surface area contributed by atoms with E-state index in [1.54, 1.807) is 30.3 Å². The van der Waals surface area contributed by atoms with E-state index in [0.29, 0.717) is 5.56 Å². The van der Waals surface area contributed by atoms with Gasteiger partial charge in [0.15, 0.2) is 5.84 Å². The zero-order valence-electron chi connectivity index (χ0n) is 10.6. The van der Waals surface area contributed by atoms with Gasteiger partial charge < -0.3 is 10.9 Å². The molecule has 1 atom stereocenters. The number of amidine groups is 1. The van der Waals surface area contributed by atoms with Crippen molar-refractivity contribution in [3.8, 4) is 11.4 Å². The lowest BCUT2D eigenvalue weighted by atomic mass is 10.1. The van der Waals surface area contributed by atoms with E-state index in [1.807, 2.05) is 0 Å². The maximum Gasteiger partial charge on any atom is 0.400 e. The first kappa shape index (κ1) is 14.8. The molecule has 2 aromatic rings. The maximum atomic E-state index is 12.8. The van der Waals surface area contributed by atoms with Crippen LogP contribution in [-0.4, -0.2) is 37.4 Å². The van der Waals surface area contributed by atoms with Crippen LogP contribution in [0.1, 0.15) is 0 Å². The van der Waals surface area contributed by atoms with Crippen LogP contribution < -0.4 is 5.73 Å². The number of hydrogen-bond donors (Lipinski definition) is 2. The molecule has 7 nitrogen and oxygen atoms in total. The van der Waals surface area contributed by atoms with Crippen LogP contribution in [0.25, 0.3) is 11.4 Å². The largest absolute Gasteiger partial charge is 0.409 e. The molecule has 3 N–H and O–H groups in total. The van der Waals surface area contributed by atoms with Gasteiger partial charge in [-0.15, -0.1) is 10.2 Å². The number of nitrogens with two attached hydrogens (primary N) is 1. The van der Waals surface area contributed by atoms with Gasteiger partial charge >= 0.3 is 6.18 Å². The summed E-state index contributed by atoms with van der Waals surface area (Å²) in [5.74, 6) is -2.96. The Hall–Kier alpha value is -2.65. The fraction of sp³-hybridized carbons (Fsp3) is 0.273. The number of alkyl halides is 3. The van der Waals surface area contributed by atoms with Crippen LogP contribution in [0.5, 0.6) is 0 Å². The summed E-state index contributed by atoms with van der Waals surface area (Å²) in [4.78, 5) is 0.762. The zero-order chi connectivity index (χ0) is 15.5. The lowest BCUT2D eigenvalue weighted by Gasteiger charge is -2.17. The summed E-state index contributed by atoms with van der Waals surface area (Å²) in [5, 5.41) is 21.9. The standard InChI is InChI=1S/C11H11F3N6O/c12-11(13,14)8(9(15)18-21)6-20-17-10(16-19-20)7-4-2-1-3-5-7/h1-5,8,21H,6H2,(H2,15,18). The summed E-state index contributed by atoms with van der Waals surface area (Å²) < 4.78 is 38.4. The van der Waals surface area contributed by atoms with Gasteiger partial charge in [0.1, 0.15) is 5.92 Å². The van der Waals surface area contributed by atoms with Gasteiger partial charge in [-0.2, -0.15) is 18.0 Å². The van der Waals surface area contributed by atoms with Crippen molar-refractivity contribution in [2.75, 3.05) is 0 Å². The molecule has 0 spiro atoms. The van der Waals surface area contributed by atoms with E-state index in [-0.39, 0.29) is 5.82 Å². The number of hydrogen-bond acceptors (Lipinski definition) is 5. The van der Waals surface area contributed by atoms with Crippen LogP contribution in [0, 0.1) is 5.92 Å². The molecule has 0 aliphatic rings. The molecule has 1 aromatic carbocycles. The molecule has 0 aliphatic heterocycles. The first-order valence-corrected chi connectivity index (χ1v) is 5.79. The molecule has 0 saturated carbocycles. The van der Waals surface area contributed by atoms with E-state index in [9.17, 15) is 13.2 Å². The minimum atomic E-state index is -4.68. The van der Waals surface area contributed by atoms with Gasteiger partial charge in [0.2, 0.25) is 5.82 Å². The van der Waals surface area contributed by atoms with E-state index >= 15 is 0 Å². The van der Waals surface area contributed by atoms with Crippen molar-refractivity contribution >= 4 is 5.84 Å². The number of halogens is 3. The van der Waals surface area contributed by atoms with E-state index < -0.39 is 24.5 Å². The van der Waals surface area contributed by atoms with E-state index in [2.05, 4.69) is 20.6 Å². The summed E-state index contributed by atoms with van der Waals surface area (Å²) in [5.41, 5.74) is 5.68. The van der Waals surface area contributed by atoms with Gasteiger partial charge in [0, 0.05) is 5.56 Å². The summed E-state index contributed by atoms with van der Waals surface area (Å²) in [6.45, 7) is -0.723. The number of oxime groups is 1. The summed E-state index contributed by atoms with van der Waals surface area (Å²) in [6, 6.07) is 8.67. The monoisotopic (exact) mass is 300 g/mol. The highest BCUT2D eigenvalue weighted by atomic mass is 19.4. The molecule has 10 heteroatoms. The van der Waals surface area contributed by atoms with Crippen molar-refractivity contribution in [1.29, 1.82) is 0 Å². The lowest BCUT2D eigenvalue weighted by molar-refractivity contribution is -0.160. The Bertz CT molecular complexity index is 624. The number of nitrogens with zero attached hydrogens (tertiary/aromatic N) is 5. The Morgan fingerprint density at radius 1 is 1.33 bits per heavy atom. The molecule has 2 rings (SSSR count). The van der Waals surface area contributed by atoms with Gasteiger partial charge in [-0.3, -0.25) is 0 Å². The van der Waals surface area contributed by atoms with Crippen molar-refractivity contribution in [1.82, 2.24) is 20.2 Å². The Kier molecular flexibility index (Phi) is 4.05. The Morgan fingerprint density at radius 2 is 2.00 bits per heavy atom. The fourth-order valence-electron chi connectivity index (χ4n) is 1.62. The average Bonchev–Trinajstić information content (AvgIpc) is 2.92. The molecule has 1 aromatic heterocycles. The van der Waals surface area contributed by atoms with Crippen LogP contribution in [0.4, 0.5) is 13.2 Å². The van der Waals surface area contributed by atoms with Crippen LogP contribution >= 0.6 is 0 Å². The predicted octanol–water partition coefficient (Wildman–Crippen LogP) is 1.26. The lowest BCUT2D eigenvalue weighted by Crippen LogP contribution is -2.39. The van der Waals surface area contributed by atoms with Gasteiger partial charge in [-0.05, 0) is 5.21 Å². The number of rotatable bonds is 4. The van der Waals surface area contributed by atoms with Crippen molar-refractivity contribution in [2.45, 2.75) is 12.7 Å². The minimum absolute atomic E-state index is 0.191. The summed E-state index contributed by atoms with van der Waals surface area (Å²) >= 11 is 0. The van der Waals surface area contributed by atoms with Crippen molar-refractivity contribution in [2.24, 2.45) is 16.8 Å². The van der Waals surface area contributed by atoms with Crippen molar-refractivity contribution in [3.63, 3.8) is 0 Å². The first-order valence-electron chi connectivity index (χ1n) is 5.79. The number of tetrazole rings is 1. The smallest absolute Gasteiger partial charge is 0.400 e. The zero-order valence-corrected chi connectivity index (χ0v) is 10.6.